The van der Waals surface area contributed by atoms with Gasteiger partial charge in [0.25, 0.3) is 0 Å². The first kappa shape index (κ1) is 13.6. The molecule has 2 aromatic rings. The van der Waals surface area contributed by atoms with Crippen molar-refractivity contribution in [3.8, 4) is 0 Å². The van der Waals surface area contributed by atoms with Gasteiger partial charge < -0.3 is 15.9 Å². The van der Waals surface area contributed by atoms with Crippen molar-refractivity contribution in [3.05, 3.63) is 28.9 Å². The summed E-state index contributed by atoms with van der Waals surface area (Å²) >= 11 is 4.82. The molecule has 18 heavy (non-hydrogen) atoms. The van der Waals surface area contributed by atoms with Crippen molar-refractivity contribution in [2.24, 2.45) is 0 Å². The van der Waals surface area contributed by atoms with Crippen molar-refractivity contribution < 1.29 is 10.2 Å². The zero-order valence-corrected chi connectivity index (χ0v) is 11.9. The molecule has 0 bridgehead atoms. The first-order chi connectivity index (χ1) is 8.61. The summed E-state index contributed by atoms with van der Waals surface area (Å²) < 4.78 is 0.874. The molecule has 1 unspecified atom stereocenters. The predicted octanol–water partition coefficient (Wildman–Crippen LogP) is 2.02. The lowest BCUT2D eigenvalue weighted by molar-refractivity contribution is 0.113. The molecule has 96 valence electrons. The summed E-state index contributed by atoms with van der Waals surface area (Å²) in [5.74, 6) is 0.424. The highest BCUT2D eigenvalue weighted by Gasteiger charge is 2.09. The van der Waals surface area contributed by atoms with Crippen LogP contribution in [0.25, 0.3) is 10.9 Å². The van der Waals surface area contributed by atoms with E-state index in [-0.39, 0.29) is 6.61 Å². The quantitative estimate of drug-likeness (QED) is 0.591. The van der Waals surface area contributed by atoms with Crippen LogP contribution < -0.4 is 5.73 Å². The summed E-state index contributed by atoms with van der Waals surface area (Å²) in [7, 11) is 0. The van der Waals surface area contributed by atoms with E-state index in [1.807, 2.05) is 18.2 Å². The van der Waals surface area contributed by atoms with Gasteiger partial charge in [-0.15, -0.1) is 11.8 Å². The number of aromatic nitrogens is 1. The molecule has 1 aromatic heterocycles. The second-order valence-electron chi connectivity index (χ2n) is 3.85. The van der Waals surface area contributed by atoms with Crippen LogP contribution in [0.4, 0.5) is 5.69 Å². The minimum Gasteiger partial charge on any atom is -0.398 e. The molecule has 1 atom stereocenters. The zero-order chi connectivity index (χ0) is 13.1. The minimum atomic E-state index is -0.724. The Balaban J connectivity index is 2.37. The number of rotatable bonds is 4. The van der Waals surface area contributed by atoms with E-state index in [1.165, 1.54) is 11.8 Å². The van der Waals surface area contributed by atoms with Crippen LogP contribution in [0.2, 0.25) is 0 Å². The number of nitrogens with zero attached hydrogens (tertiary/aromatic N) is 1. The third-order valence-electron chi connectivity index (χ3n) is 2.45. The molecule has 0 saturated carbocycles. The molecular formula is C12H13BrN2O2S. The Morgan fingerprint density at radius 1 is 1.44 bits per heavy atom. The maximum Gasteiger partial charge on any atom is 0.0864 e. The van der Waals surface area contributed by atoms with Crippen molar-refractivity contribution in [3.63, 3.8) is 0 Å². The van der Waals surface area contributed by atoms with Gasteiger partial charge in [-0.1, -0.05) is 0 Å². The van der Waals surface area contributed by atoms with Gasteiger partial charge in [0, 0.05) is 32.4 Å². The molecule has 2 rings (SSSR count). The fraction of sp³-hybridized carbons (Fsp3) is 0.250. The number of hydrogen-bond acceptors (Lipinski definition) is 5. The molecule has 0 amide bonds. The summed E-state index contributed by atoms with van der Waals surface area (Å²) in [6, 6.07) is 5.63. The van der Waals surface area contributed by atoms with E-state index < -0.39 is 6.10 Å². The molecule has 6 heteroatoms. The number of hydrogen-bond donors (Lipinski definition) is 3. The second-order valence-corrected chi connectivity index (χ2v) is 5.83. The van der Waals surface area contributed by atoms with Gasteiger partial charge in [-0.2, -0.15) is 0 Å². The normalized spacial score (nSPS) is 12.8. The first-order valence-corrected chi connectivity index (χ1v) is 7.15. The highest BCUT2D eigenvalue weighted by atomic mass is 79.9. The number of thioether (sulfide) groups is 1. The predicted molar refractivity (Wildman–Crippen MR) is 77.7 cm³/mol. The molecule has 0 aliphatic heterocycles. The summed E-state index contributed by atoms with van der Waals surface area (Å²) in [5.41, 5.74) is 7.40. The average Bonchev–Trinajstić information content (AvgIpc) is 2.38. The van der Waals surface area contributed by atoms with E-state index in [4.69, 9.17) is 10.8 Å². The SMILES string of the molecule is Nc1ccc(SCC(O)CO)c2ncc(Br)cc12. The maximum atomic E-state index is 9.37. The van der Waals surface area contributed by atoms with E-state index in [0.29, 0.717) is 11.4 Å². The van der Waals surface area contributed by atoms with Crippen LogP contribution >= 0.6 is 27.7 Å². The van der Waals surface area contributed by atoms with Crippen molar-refractivity contribution in [1.82, 2.24) is 4.98 Å². The Morgan fingerprint density at radius 2 is 2.22 bits per heavy atom. The summed E-state index contributed by atoms with van der Waals surface area (Å²) in [6.07, 6.45) is 0.993. The van der Waals surface area contributed by atoms with Gasteiger partial charge in [-0.3, -0.25) is 4.98 Å². The number of fused-ring (bicyclic) bond motifs is 1. The average molecular weight is 329 g/mol. The van der Waals surface area contributed by atoms with Crippen LogP contribution in [-0.2, 0) is 0 Å². The molecule has 4 nitrogen and oxygen atoms in total. The lowest BCUT2D eigenvalue weighted by atomic mass is 10.2. The molecule has 0 saturated heterocycles. The largest absolute Gasteiger partial charge is 0.398 e. The van der Waals surface area contributed by atoms with E-state index in [9.17, 15) is 5.11 Å². The first-order valence-electron chi connectivity index (χ1n) is 5.37. The van der Waals surface area contributed by atoms with Crippen LogP contribution in [0, 0.1) is 0 Å². The number of halogens is 1. The number of nitrogen functional groups attached to an aromatic ring is 1. The fourth-order valence-electron chi connectivity index (χ4n) is 1.55. The minimum absolute atomic E-state index is 0.237. The van der Waals surface area contributed by atoms with Gasteiger partial charge >= 0.3 is 0 Å². The molecular weight excluding hydrogens is 316 g/mol. The molecule has 0 spiro atoms. The van der Waals surface area contributed by atoms with E-state index in [0.717, 1.165) is 20.3 Å². The van der Waals surface area contributed by atoms with Gasteiger partial charge in [0.05, 0.1) is 18.2 Å². The van der Waals surface area contributed by atoms with Crippen LogP contribution in [0.5, 0.6) is 0 Å². The molecule has 1 heterocycles. The van der Waals surface area contributed by atoms with Crippen molar-refractivity contribution >= 4 is 44.3 Å². The standard InChI is InChI=1S/C12H13BrN2O2S/c13-7-3-9-10(14)1-2-11(12(9)15-4-7)18-6-8(17)5-16/h1-4,8,16-17H,5-6,14H2. The third kappa shape index (κ3) is 2.95. The molecule has 0 aliphatic carbocycles. The van der Waals surface area contributed by atoms with Gasteiger partial charge in [0.2, 0.25) is 0 Å². The Hall–Kier alpha value is -0.820. The van der Waals surface area contributed by atoms with E-state index in [1.54, 1.807) is 6.20 Å². The molecule has 0 aliphatic rings. The van der Waals surface area contributed by atoms with Crippen molar-refractivity contribution in [2.45, 2.75) is 11.0 Å². The molecule has 0 fully saturated rings. The van der Waals surface area contributed by atoms with Gasteiger partial charge in [-0.25, -0.2) is 0 Å². The van der Waals surface area contributed by atoms with E-state index >= 15 is 0 Å². The fourth-order valence-corrected chi connectivity index (χ4v) is 2.82. The van der Waals surface area contributed by atoms with Crippen LogP contribution in [0.3, 0.4) is 0 Å². The lowest BCUT2D eigenvalue weighted by Gasteiger charge is -2.10. The summed E-state index contributed by atoms with van der Waals surface area (Å²) in [5, 5.41) is 19.1. The Labute approximate surface area is 117 Å². The second kappa shape index (κ2) is 5.88. The van der Waals surface area contributed by atoms with Gasteiger partial charge in [0.15, 0.2) is 0 Å². The Morgan fingerprint density at radius 3 is 2.94 bits per heavy atom. The monoisotopic (exact) mass is 328 g/mol. The van der Waals surface area contributed by atoms with Crippen LogP contribution in [-0.4, -0.2) is 33.7 Å². The number of pyridine rings is 1. The Bertz CT molecular complexity index is 565. The molecule has 0 radical (unpaired) electrons. The Kier molecular flexibility index (Phi) is 4.45. The smallest absolute Gasteiger partial charge is 0.0864 e. The zero-order valence-electron chi connectivity index (χ0n) is 9.51. The number of benzene rings is 1. The van der Waals surface area contributed by atoms with Gasteiger partial charge in [-0.05, 0) is 34.1 Å². The molecule has 1 aromatic carbocycles. The van der Waals surface area contributed by atoms with E-state index in [2.05, 4.69) is 20.9 Å². The van der Waals surface area contributed by atoms with Crippen LogP contribution in [0.1, 0.15) is 0 Å². The lowest BCUT2D eigenvalue weighted by Crippen LogP contribution is -2.14. The van der Waals surface area contributed by atoms with Crippen molar-refractivity contribution in [2.75, 3.05) is 18.1 Å². The summed E-state index contributed by atoms with van der Waals surface area (Å²) in [4.78, 5) is 5.30. The topological polar surface area (TPSA) is 79.4 Å². The highest BCUT2D eigenvalue weighted by molar-refractivity contribution is 9.10. The number of anilines is 1. The van der Waals surface area contributed by atoms with Gasteiger partial charge in [0.1, 0.15) is 0 Å². The molecule has 4 N–H and O–H groups in total. The third-order valence-corrected chi connectivity index (χ3v) is 4.08. The maximum absolute atomic E-state index is 9.37. The number of aliphatic hydroxyl groups is 2. The summed E-state index contributed by atoms with van der Waals surface area (Å²) in [6.45, 7) is -0.237. The van der Waals surface area contributed by atoms with Crippen molar-refractivity contribution in [1.29, 1.82) is 0 Å². The number of nitrogens with two attached hydrogens (primary N) is 1. The van der Waals surface area contributed by atoms with Crippen LogP contribution in [0.15, 0.2) is 33.8 Å². The highest BCUT2D eigenvalue weighted by Crippen LogP contribution is 2.31. The number of aliphatic hydroxyl groups excluding tert-OH is 2.